The Morgan fingerprint density at radius 2 is 2.33 bits per heavy atom. The smallest absolute Gasteiger partial charge is 0.255 e. The molecule has 1 aromatic rings. The Bertz CT molecular complexity index is 423. The third-order valence-electron chi connectivity index (χ3n) is 3.03. The topological polar surface area (TPSA) is 41.6 Å². The largest absolute Gasteiger partial charge is 0.377 e. The molecule has 2 rings (SSSR count). The summed E-state index contributed by atoms with van der Waals surface area (Å²) in [6, 6.07) is 7.21. The van der Waals surface area contributed by atoms with Crippen LogP contribution in [0.15, 0.2) is 24.3 Å². The predicted octanol–water partition coefficient (Wildman–Crippen LogP) is 1.40. The lowest BCUT2D eigenvalue weighted by atomic mass is 10.1. The fourth-order valence-electron chi connectivity index (χ4n) is 2.12. The number of nitrogens with zero attached hydrogens (tertiary/aromatic N) is 1. The van der Waals surface area contributed by atoms with Gasteiger partial charge in [0.15, 0.2) is 0 Å². The molecule has 0 bridgehead atoms. The molecule has 1 heterocycles. The number of hydrogen-bond acceptors (Lipinski definition) is 3. The van der Waals surface area contributed by atoms with Gasteiger partial charge in [0.1, 0.15) is 0 Å². The fraction of sp³-hybridized carbons (Fsp3) is 0.462. The van der Waals surface area contributed by atoms with Crippen LogP contribution in [0.2, 0.25) is 5.02 Å². The average Bonchev–Trinajstić information content (AvgIpc) is 2.40. The van der Waals surface area contributed by atoms with Gasteiger partial charge in [-0.1, -0.05) is 23.7 Å². The summed E-state index contributed by atoms with van der Waals surface area (Å²) in [5.74, 6) is -0.0239. The van der Waals surface area contributed by atoms with E-state index < -0.39 is 0 Å². The Hall–Kier alpha value is -1.10. The van der Waals surface area contributed by atoms with Crippen LogP contribution in [0.25, 0.3) is 0 Å². The second-order valence-corrected chi connectivity index (χ2v) is 4.67. The Morgan fingerprint density at radius 3 is 3.06 bits per heavy atom. The van der Waals surface area contributed by atoms with E-state index in [1.807, 2.05) is 24.1 Å². The number of carbonyl (C=O) groups excluding carboxylic acids is 1. The maximum atomic E-state index is 12.5. The Morgan fingerprint density at radius 1 is 1.56 bits per heavy atom. The van der Waals surface area contributed by atoms with Gasteiger partial charge >= 0.3 is 0 Å². The highest BCUT2D eigenvalue weighted by Crippen LogP contribution is 2.19. The summed E-state index contributed by atoms with van der Waals surface area (Å²) in [7, 11) is 1.87. The number of rotatable bonds is 3. The molecular formula is C13H17ClN2O2. The molecule has 1 N–H and O–H groups in total. The number of likely N-dealkylation sites (N-methyl/N-ethyl adjacent to an activating group) is 1. The molecule has 18 heavy (non-hydrogen) atoms. The summed E-state index contributed by atoms with van der Waals surface area (Å²) >= 11 is 6.07. The maximum Gasteiger partial charge on any atom is 0.255 e. The molecule has 4 nitrogen and oxygen atoms in total. The number of nitrogens with one attached hydrogen (secondary N) is 1. The minimum Gasteiger partial charge on any atom is -0.377 e. The molecule has 0 aliphatic carbocycles. The van der Waals surface area contributed by atoms with Gasteiger partial charge in [0, 0.05) is 13.1 Å². The molecule has 5 heteroatoms. The summed E-state index contributed by atoms with van der Waals surface area (Å²) in [5, 5.41) is 3.58. The van der Waals surface area contributed by atoms with Gasteiger partial charge in [-0.25, -0.2) is 0 Å². The second-order valence-electron chi connectivity index (χ2n) is 4.26. The van der Waals surface area contributed by atoms with Crippen LogP contribution in [-0.2, 0) is 4.74 Å². The van der Waals surface area contributed by atoms with Crippen LogP contribution in [0.3, 0.4) is 0 Å². The Kier molecular flexibility index (Phi) is 4.58. The standard InChI is InChI=1S/C13H17ClN2O2/c1-15-8-10-9-18-7-6-16(10)13(17)11-4-2-3-5-12(11)14/h2-5,10,15H,6-9H2,1H3. The zero-order valence-electron chi connectivity index (χ0n) is 10.4. The molecular weight excluding hydrogens is 252 g/mol. The molecule has 1 unspecified atom stereocenters. The molecule has 1 aliphatic heterocycles. The van der Waals surface area contributed by atoms with E-state index in [0.29, 0.717) is 30.3 Å². The van der Waals surface area contributed by atoms with Crippen LogP contribution in [0.1, 0.15) is 10.4 Å². The SMILES string of the molecule is CNCC1COCCN1C(=O)c1ccccc1Cl. The number of carbonyl (C=O) groups is 1. The van der Waals surface area contributed by atoms with Crippen LogP contribution >= 0.6 is 11.6 Å². The minimum atomic E-state index is -0.0239. The molecule has 1 aliphatic rings. The van der Waals surface area contributed by atoms with Gasteiger partial charge in [-0.05, 0) is 19.2 Å². The monoisotopic (exact) mass is 268 g/mol. The molecule has 0 spiro atoms. The number of amides is 1. The summed E-state index contributed by atoms with van der Waals surface area (Å²) in [6.07, 6.45) is 0. The average molecular weight is 269 g/mol. The van der Waals surface area contributed by atoms with Crippen molar-refractivity contribution in [2.24, 2.45) is 0 Å². The van der Waals surface area contributed by atoms with Crippen LogP contribution in [-0.4, -0.2) is 50.2 Å². The minimum absolute atomic E-state index is 0.0239. The number of halogens is 1. The molecule has 1 fully saturated rings. The van der Waals surface area contributed by atoms with Gasteiger partial charge in [-0.2, -0.15) is 0 Å². The normalized spacial score (nSPS) is 19.9. The second kappa shape index (κ2) is 6.18. The highest BCUT2D eigenvalue weighted by atomic mass is 35.5. The first kappa shape index (κ1) is 13.3. The number of morpholine rings is 1. The highest BCUT2D eigenvalue weighted by Gasteiger charge is 2.28. The van der Waals surface area contributed by atoms with Crippen LogP contribution < -0.4 is 5.32 Å². The zero-order chi connectivity index (χ0) is 13.0. The quantitative estimate of drug-likeness (QED) is 0.901. The van der Waals surface area contributed by atoms with E-state index in [9.17, 15) is 4.79 Å². The lowest BCUT2D eigenvalue weighted by molar-refractivity contribution is -0.000966. The highest BCUT2D eigenvalue weighted by molar-refractivity contribution is 6.33. The van der Waals surface area contributed by atoms with Gasteiger partial charge in [0.2, 0.25) is 0 Å². The van der Waals surface area contributed by atoms with Gasteiger partial charge < -0.3 is 15.0 Å². The van der Waals surface area contributed by atoms with E-state index in [4.69, 9.17) is 16.3 Å². The Labute approximate surface area is 112 Å². The first-order valence-electron chi connectivity index (χ1n) is 6.02. The summed E-state index contributed by atoms with van der Waals surface area (Å²) in [6.45, 7) is 2.47. The summed E-state index contributed by atoms with van der Waals surface area (Å²) < 4.78 is 5.41. The third kappa shape index (κ3) is 2.83. The van der Waals surface area contributed by atoms with E-state index in [-0.39, 0.29) is 11.9 Å². The molecule has 1 aromatic carbocycles. The molecule has 0 aromatic heterocycles. The van der Waals surface area contributed by atoms with Crippen molar-refractivity contribution >= 4 is 17.5 Å². The van der Waals surface area contributed by atoms with E-state index in [1.54, 1.807) is 12.1 Å². The van der Waals surface area contributed by atoms with Crippen molar-refractivity contribution in [1.29, 1.82) is 0 Å². The Balaban J connectivity index is 2.18. The lowest BCUT2D eigenvalue weighted by Crippen LogP contribution is -2.52. The van der Waals surface area contributed by atoms with Crippen LogP contribution in [0.4, 0.5) is 0 Å². The van der Waals surface area contributed by atoms with E-state index in [1.165, 1.54) is 0 Å². The van der Waals surface area contributed by atoms with Crippen LogP contribution in [0.5, 0.6) is 0 Å². The molecule has 0 radical (unpaired) electrons. The van der Waals surface area contributed by atoms with Crippen molar-refractivity contribution in [2.75, 3.05) is 33.4 Å². The molecule has 0 saturated carbocycles. The van der Waals surface area contributed by atoms with Crippen molar-refractivity contribution < 1.29 is 9.53 Å². The van der Waals surface area contributed by atoms with Gasteiger partial charge in [0.25, 0.3) is 5.91 Å². The van der Waals surface area contributed by atoms with Gasteiger partial charge in [0.05, 0.1) is 29.8 Å². The van der Waals surface area contributed by atoms with E-state index in [0.717, 1.165) is 6.54 Å². The fourth-order valence-corrected chi connectivity index (χ4v) is 2.33. The summed E-state index contributed by atoms with van der Waals surface area (Å²) in [5.41, 5.74) is 0.558. The lowest BCUT2D eigenvalue weighted by Gasteiger charge is -2.35. The van der Waals surface area contributed by atoms with Crippen LogP contribution in [0, 0.1) is 0 Å². The first-order valence-corrected chi connectivity index (χ1v) is 6.39. The molecule has 1 amide bonds. The number of ether oxygens (including phenoxy) is 1. The third-order valence-corrected chi connectivity index (χ3v) is 3.36. The van der Waals surface area contributed by atoms with Gasteiger partial charge in [-0.15, -0.1) is 0 Å². The first-order chi connectivity index (χ1) is 8.74. The number of hydrogen-bond donors (Lipinski definition) is 1. The van der Waals surface area contributed by atoms with Gasteiger partial charge in [-0.3, -0.25) is 4.79 Å². The van der Waals surface area contributed by atoms with E-state index >= 15 is 0 Å². The van der Waals surface area contributed by atoms with Crippen molar-refractivity contribution in [1.82, 2.24) is 10.2 Å². The predicted molar refractivity (Wildman–Crippen MR) is 71.0 cm³/mol. The van der Waals surface area contributed by atoms with E-state index in [2.05, 4.69) is 5.32 Å². The van der Waals surface area contributed by atoms with Crippen molar-refractivity contribution in [3.8, 4) is 0 Å². The molecule has 98 valence electrons. The maximum absolute atomic E-state index is 12.5. The zero-order valence-corrected chi connectivity index (χ0v) is 11.1. The molecule has 1 saturated heterocycles. The van der Waals surface area contributed by atoms with Crippen molar-refractivity contribution in [3.05, 3.63) is 34.9 Å². The van der Waals surface area contributed by atoms with Crippen molar-refractivity contribution in [3.63, 3.8) is 0 Å². The summed E-state index contributed by atoms with van der Waals surface area (Å²) in [4.78, 5) is 14.3. The number of benzene rings is 1. The molecule has 1 atom stereocenters. The van der Waals surface area contributed by atoms with Crippen molar-refractivity contribution in [2.45, 2.75) is 6.04 Å².